The van der Waals surface area contributed by atoms with Crippen molar-refractivity contribution in [3.8, 4) is 5.75 Å². The first-order valence-electron chi connectivity index (χ1n) is 6.91. The highest BCUT2D eigenvalue weighted by molar-refractivity contribution is 5.30. The van der Waals surface area contributed by atoms with E-state index < -0.39 is 0 Å². The molecule has 1 fully saturated rings. The number of nitrogens with one attached hydrogen (secondary N) is 1. The average molecular weight is 265 g/mol. The van der Waals surface area contributed by atoms with Crippen LogP contribution in [-0.4, -0.2) is 39.5 Å². The third kappa shape index (κ3) is 4.20. The quantitative estimate of drug-likeness (QED) is 0.820. The lowest BCUT2D eigenvalue weighted by atomic mass is 10.1. The fourth-order valence-corrected chi connectivity index (χ4v) is 2.21. The maximum Gasteiger partial charge on any atom is 0.119 e. The summed E-state index contributed by atoms with van der Waals surface area (Å²) in [7, 11) is 1.68. The van der Waals surface area contributed by atoms with Gasteiger partial charge in [-0.1, -0.05) is 19.1 Å². The van der Waals surface area contributed by atoms with Crippen LogP contribution >= 0.6 is 0 Å². The predicted octanol–water partition coefficient (Wildman–Crippen LogP) is 2.15. The third-order valence-electron chi connectivity index (χ3n) is 3.29. The van der Waals surface area contributed by atoms with Gasteiger partial charge in [-0.3, -0.25) is 0 Å². The zero-order valence-corrected chi connectivity index (χ0v) is 11.7. The van der Waals surface area contributed by atoms with Gasteiger partial charge in [0.2, 0.25) is 0 Å². The average Bonchev–Trinajstić information content (AvgIpc) is 2.96. The van der Waals surface area contributed by atoms with E-state index in [1.165, 1.54) is 0 Å². The maximum atomic E-state index is 6.16. The van der Waals surface area contributed by atoms with E-state index in [1.807, 2.05) is 18.2 Å². The number of hydrogen-bond donors (Lipinski definition) is 1. The third-order valence-corrected chi connectivity index (χ3v) is 3.29. The summed E-state index contributed by atoms with van der Waals surface area (Å²) in [4.78, 5) is 0. The van der Waals surface area contributed by atoms with Gasteiger partial charge in [0.05, 0.1) is 25.9 Å². The van der Waals surface area contributed by atoms with Gasteiger partial charge in [0, 0.05) is 13.2 Å². The minimum absolute atomic E-state index is 0.0433. The number of likely N-dealkylation sites (N-methyl/N-ethyl adjacent to an activating group) is 1. The van der Waals surface area contributed by atoms with E-state index in [0.29, 0.717) is 6.61 Å². The molecule has 19 heavy (non-hydrogen) atoms. The van der Waals surface area contributed by atoms with Gasteiger partial charge in [0.25, 0.3) is 0 Å². The molecule has 4 nitrogen and oxygen atoms in total. The van der Waals surface area contributed by atoms with Crippen LogP contribution in [0.15, 0.2) is 24.3 Å². The first-order valence-corrected chi connectivity index (χ1v) is 6.91. The van der Waals surface area contributed by atoms with E-state index in [0.717, 1.165) is 37.4 Å². The SMILES string of the molecule is CCNCC(OC1CCOC1)c1cccc(OC)c1. The second kappa shape index (κ2) is 7.48. The smallest absolute Gasteiger partial charge is 0.119 e. The van der Waals surface area contributed by atoms with Gasteiger partial charge in [-0.25, -0.2) is 0 Å². The summed E-state index contributed by atoms with van der Waals surface area (Å²) in [6, 6.07) is 8.08. The van der Waals surface area contributed by atoms with Crippen molar-refractivity contribution in [1.82, 2.24) is 5.32 Å². The molecule has 0 spiro atoms. The molecule has 2 unspecified atom stereocenters. The summed E-state index contributed by atoms with van der Waals surface area (Å²) >= 11 is 0. The number of ether oxygens (including phenoxy) is 3. The highest BCUT2D eigenvalue weighted by atomic mass is 16.6. The topological polar surface area (TPSA) is 39.7 Å². The van der Waals surface area contributed by atoms with Gasteiger partial charge >= 0.3 is 0 Å². The van der Waals surface area contributed by atoms with Crippen LogP contribution < -0.4 is 10.1 Å². The molecule has 2 rings (SSSR count). The Kier molecular flexibility index (Phi) is 5.63. The maximum absolute atomic E-state index is 6.16. The number of benzene rings is 1. The van der Waals surface area contributed by atoms with E-state index in [1.54, 1.807) is 7.11 Å². The summed E-state index contributed by atoms with van der Waals surface area (Å²) in [5.41, 5.74) is 1.15. The minimum atomic E-state index is 0.0433. The minimum Gasteiger partial charge on any atom is -0.497 e. The molecule has 2 atom stereocenters. The van der Waals surface area contributed by atoms with Crippen LogP contribution in [-0.2, 0) is 9.47 Å². The zero-order chi connectivity index (χ0) is 13.5. The Labute approximate surface area is 115 Å². The molecule has 0 aliphatic carbocycles. The Morgan fingerprint density at radius 1 is 1.47 bits per heavy atom. The van der Waals surface area contributed by atoms with Crippen molar-refractivity contribution in [2.24, 2.45) is 0 Å². The molecule has 0 amide bonds. The van der Waals surface area contributed by atoms with Crippen molar-refractivity contribution in [1.29, 1.82) is 0 Å². The van der Waals surface area contributed by atoms with E-state index in [-0.39, 0.29) is 12.2 Å². The summed E-state index contributed by atoms with van der Waals surface area (Å²) in [6.45, 7) is 5.34. The lowest BCUT2D eigenvalue weighted by Gasteiger charge is -2.22. The molecule has 1 saturated heterocycles. The van der Waals surface area contributed by atoms with Gasteiger partial charge in [-0.2, -0.15) is 0 Å². The van der Waals surface area contributed by atoms with Crippen molar-refractivity contribution in [3.63, 3.8) is 0 Å². The largest absolute Gasteiger partial charge is 0.497 e. The molecule has 1 aromatic rings. The molecule has 1 aliphatic rings. The van der Waals surface area contributed by atoms with Crippen LogP contribution in [0, 0.1) is 0 Å². The van der Waals surface area contributed by atoms with E-state index >= 15 is 0 Å². The molecule has 1 aromatic carbocycles. The Morgan fingerprint density at radius 3 is 3.05 bits per heavy atom. The van der Waals surface area contributed by atoms with Gasteiger partial charge in [-0.05, 0) is 30.7 Å². The molecule has 0 saturated carbocycles. The van der Waals surface area contributed by atoms with Crippen LogP contribution in [0.2, 0.25) is 0 Å². The predicted molar refractivity (Wildman–Crippen MR) is 74.6 cm³/mol. The molecule has 0 bridgehead atoms. The Morgan fingerprint density at radius 2 is 2.37 bits per heavy atom. The fourth-order valence-electron chi connectivity index (χ4n) is 2.21. The molecular weight excluding hydrogens is 242 g/mol. The molecule has 1 N–H and O–H groups in total. The summed E-state index contributed by atoms with van der Waals surface area (Å²) in [5.74, 6) is 0.866. The van der Waals surface area contributed by atoms with Crippen LogP contribution in [0.25, 0.3) is 0 Å². The Balaban J connectivity index is 2.05. The first-order chi connectivity index (χ1) is 9.33. The summed E-state index contributed by atoms with van der Waals surface area (Å²) in [6.07, 6.45) is 1.23. The van der Waals surface area contributed by atoms with Crippen LogP contribution in [0.4, 0.5) is 0 Å². The molecule has 0 aromatic heterocycles. The first kappa shape index (κ1) is 14.3. The number of hydrogen-bond acceptors (Lipinski definition) is 4. The second-order valence-electron chi connectivity index (χ2n) is 4.69. The van der Waals surface area contributed by atoms with E-state index in [9.17, 15) is 0 Å². The summed E-state index contributed by atoms with van der Waals surface area (Å²) < 4.78 is 16.8. The highest BCUT2D eigenvalue weighted by Crippen LogP contribution is 2.25. The normalized spacial score (nSPS) is 20.4. The second-order valence-corrected chi connectivity index (χ2v) is 4.69. The zero-order valence-electron chi connectivity index (χ0n) is 11.7. The molecule has 1 aliphatic heterocycles. The van der Waals surface area contributed by atoms with Gasteiger partial charge in [-0.15, -0.1) is 0 Å². The van der Waals surface area contributed by atoms with Crippen molar-refractivity contribution >= 4 is 0 Å². The Bertz CT molecular complexity index is 377. The highest BCUT2D eigenvalue weighted by Gasteiger charge is 2.22. The Hall–Kier alpha value is -1.10. The summed E-state index contributed by atoms with van der Waals surface area (Å²) in [5, 5.41) is 3.35. The van der Waals surface area contributed by atoms with Crippen molar-refractivity contribution in [2.45, 2.75) is 25.6 Å². The lowest BCUT2D eigenvalue weighted by molar-refractivity contribution is -0.0163. The molecule has 0 radical (unpaired) electrons. The lowest BCUT2D eigenvalue weighted by Crippen LogP contribution is -2.27. The molecular formula is C15H23NO3. The number of methoxy groups -OCH3 is 1. The van der Waals surface area contributed by atoms with Crippen LogP contribution in [0.1, 0.15) is 25.0 Å². The molecule has 1 heterocycles. The standard InChI is InChI=1S/C15H23NO3/c1-3-16-10-15(19-14-7-8-18-11-14)12-5-4-6-13(9-12)17-2/h4-6,9,14-16H,3,7-8,10-11H2,1-2H3. The van der Waals surface area contributed by atoms with Gasteiger partial charge < -0.3 is 19.5 Å². The van der Waals surface area contributed by atoms with Crippen molar-refractivity contribution in [3.05, 3.63) is 29.8 Å². The van der Waals surface area contributed by atoms with Crippen LogP contribution in [0.3, 0.4) is 0 Å². The monoisotopic (exact) mass is 265 g/mol. The fraction of sp³-hybridized carbons (Fsp3) is 0.600. The van der Waals surface area contributed by atoms with Crippen molar-refractivity contribution < 1.29 is 14.2 Å². The van der Waals surface area contributed by atoms with E-state index in [4.69, 9.17) is 14.2 Å². The number of rotatable bonds is 7. The van der Waals surface area contributed by atoms with Gasteiger partial charge in [0.15, 0.2) is 0 Å². The van der Waals surface area contributed by atoms with Crippen LogP contribution in [0.5, 0.6) is 5.75 Å². The molecule has 106 valence electrons. The van der Waals surface area contributed by atoms with E-state index in [2.05, 4.69) is 18.3 Å². The van der Waals surface area contributed by atoms with Crippen molar-refractivity contribution in [2.75, 3.05) is 33.4 Å². The molecule has 4 heteroatoms. The van der Waals surface area contributed by atoms with Gasteiger partial charge in [0.1, 0.15) is 5.75 Å².